The van der Waals surface area contributed by atoms with Gasteiger partial charge in [-0.1, -0.05) is 40.2 Å². The van der Waals surface area contributed by atoms with Gasteiger partial charge in [-0.3, -0.25) is 9.80 Å². The van der Waals surface area contributed by atoms with Crippen LogP contribution < -0.4 is 9.47 Å². The summed E-state index contributed by atoms with van der Waals surface area (Å²) in [5.41, 5.74) is 2.55. The van der Waals surface area contributed by atoms with Gasteiger partial charge < -0.3 is 19.7 Å². The zero-order chi connectivity index (χ0) is 22.8. The number of benzene rings is 2. The molecule has 1 aliphatic heterocycles. The van der Waals surface area contributed by atoms with Gasteiger partial charge in [0, 0.05) is 49.3 Å². The first kappa shape index (κ1) is 24.6. The molecular weight excluding hydrogens is 468 g/mol. The molecule has 3 rings (SSSR count). The van der Waals surface area contributed by atoms with Crippen molar-refractivity contribution in [3.05, 3.63) is 58.1 Å². The lowest BCUT2D eigenvalue weighted by Crippen LogP contribution is -2.45. The van der Waals surface area contributed by atoms with Crippen molar-refractivity contribution in [2.45, 2.75) is 13.1 Å². The second kappa shape index (κ2) is 12.3. The number of carboxylic acid groups (broad SMARTS) is 2. The molecule has 2 aromatic carbocycles. The van der Waals surface area contributed by atoms with E-state index in [1.165, 1.54) is 11.1 Å². The minimum absolute atomic E-state index is 0.800. The van der Waals surface area contributed by atoms with Crippen molar-refractivity contribution in [3.8, 4) is 11.5 Å². The fourth-order valence-electron chi connectivity index (χ4n) is 3.27. The molecule has 1 fully saturated rings. The highest BCUT2D eigenvalue weighted by Crippen LogP contribution is 2.31. The molecule has 0 amide bonds. The summed E-state index contributed by atoms with van der Waals surface area (Å²) in [4.78, 5) is 23.2. The summed E-state index contributed by atoms with van der Waals surface area (Å²) in [7, 11) is 3.39. The average molecular weight is 495 g/mol. The fraction of sp³-hybridized carbons (Fsp3) is 0.364. The largest absolute Gasteiger partial charge is 0.493 e. The quantitative estimate of drug-likeness (QED) is 0.591. The molecule has 0 spiro atoms. The Morgan fingerprint density at radius 1 is 0.871 bits per heavy atom. The summed E-state index contributed by atoms with van der Waals surface area (Å²) in [5, 5.41) is 14.8. The number of rotatable bonds is 6. The highest BCUT2D eigenvalue weighted by atomic mass is 79.9. The van der Waals surface area contributed by atoms with Crippen molar-refractivity contribution >= 4 is 27.9 Å². The van der Waals surface area contributed by atoms with E-state index in [-0.39, 0.29) is 0 Å². The summed E-state index contributed by atoms with van der Waals surface area (Å²) in [5.74, 6) is -2.00. The fourth-order valence-corrected chi connectivity index (χ4v) is 3.54. The lowest BCUT2D eigenvalue weighted by molar-refractivity contribution is -0.159. The van der Waals surface area contributed by atoms with E-state index in [4.69, 9.17) is 29.3 Å². The van der Waals surface area contributed by atoms with Crippen molar-refractivity contribution in [2.75, 3.05) is 40.4 Å². The normalized spacial score (nSPS) is 14.3. The van der Waals surface area contributed by atoms with Gasteiger partial charge in [-0.05, 0) is 23.8 Å². The van der Waals surface area contributed by atoms with Crippen LogP contribution in [0.2, 0.25) is 0 Å². The number of methoxy groups -OCH3 is 2. The van der Waals surface area contributed by atoms with Crippen LogP contribution in [0.3, 0.4) is 0 Å². The van der Waals surface area contributed by atoms with Crippen molar-refractivity contribution in [1.82, 2.24) is 9.80 Å². The molecule has 1 heterocycles. The number of hydrogen-bond acceptors (Lipinski definition) is 6. The van der Waals surface area contributed by atoms with Gasteiger partial charge in [0.25, 0.3) is 0 Å². The van der Waals surface area contributed by atoms with Crippen molar-refractivity contribution in [2.24, 2.45) is 0 Å². The number of para-hydroxylation sites is 1. The van der Waals surface area contributed by atoms with Gasteiger partial charge in [0.05, 0.1) is 14.2 Å². The lowest BCUT2D eigenvalue weighted by Gasteiger charge is -2.35. The van der Waals surface area contributed by atoms with Gasteiger partial charge in [-0.15, -0.1) is 0 Å². The number of halogens is 1. The molecule has 2 N–H and O–H groups in total. The third kappa shape index (κ3) is 7.86. The molecule has 0 bridgehead atoms. The van der Waals surface area contributed by atoms with E-state index < -0.39 is 11.9 Å². The van der Waals surface area contributed by atoms with Crippen LogP contribution in [0.4, 0.5) is 0 Å². The monoisotopic (exact) mass is 494 g/mol. The first-order valence-corrected chi connectivity index (χ1v) is 10.5. The summed E-state index contributed by atoms with van der Waals surface area (Å²) in [6.07, 6.45) is 0. The van der Waals surface area contributed by atoms with E-state index in [0.29, 0.717) is 0 Å². The number of carboxylic acids is 2. The molecular formula is C22H27BrN2O6. The average Bonchev–Trinajstić information content (AvgIpc) is 2.76. The maximum absolute atomic E-state index is 9.10. The summed E-state index contributed by atoms with van der Waals surface area (Å²) in [6.45, 7) is 6.22. The Kier molecular flexibility index (Phi) is 9.77. The Labute approximate surface area is 190 Å². The lowest BCUT2D eigenvalue weighted by atomic mass is 10.1. The van der Waals surface area contributed by atoms with Crippen LogP contribution in [-0.2, 0) is 22.7 Å². The molecule has 8 nitrogen and oxygen atoms in total. The minimum atomic E-state index is -1.82. The number of ether oxygens (including phenoxy) is 2. The topological polar surface area (TPSA) is 99.5 Å². The van der Waals surface area contributed by atoms with Crippen LogP contribution in [0.25, 0.3) is 0 Å². The second-order valence-corrected chi connectivity index (χ2v) is 7.86. The second-order valence-electron chi connectivity index (χ2n) is 6.94. The van der Waals surface area contributed by atoms with Crippen molar-refractivity contribution < 1.29 is 29.3 Å². The first-order valence-electron chi connectivity index (χ1n) is 9.69. The van der Waals surface area contributed by atoms with E-state index in [1.807, 2.05) is 12.1 Å². The van der Waals surface area contributed by atoms with Gasteiger partial charge in [0.2, 0.25) is 0 Å². The zero-order valence-corrected chi connectivity index (χ0v) is 19.2. The molecule has 2 aromatic rings. The summed E-state index contributed by atoms with van der Waals surface area (Å²) >= 11 is 3.49. The van der Waals surface area contributed by atoms with Crippen LogP contribution in [0.15, 0.2) is 46.9 Å². The number of carbonyl (C=O) groups is 2. The van der Waals surface area contributed by atoms with Crippen molar-refractivity contribution in [3.63, 3.8) is 0 Å². The molecule has 0 atom stereocenters. The molecule has 1 aliphatic rings. The van der Waals surface area contributed by atoms with E-state index in [1.54, 1.807) is 14.2 Å². The van der Waals surface area contributed by atoms with E-state index in [2.05, 4.69) is 56.1 Å². The van der Waals surface area contributed by atoms with Gasteiger partial charge >= 0.3 is 11.9 Å². The Hall–Kier alpha value is -2.62. The van der Waals surface area contributed by atoms with Gasteiger partial charge in [-0.25, -0.2) is 9.59 Å². The standard InChI is InChI=1S/C20H25BrN2O2.C2H2O4/c1-24-19-5-3-4-17(20(19)25-2)15-23-12-10-22(11-13-23)14-16-6-8-18(21)9-7-16;3-1(4)2(5)6/h3-9H,10-15H2,1-2H3;(H,3,4)(H,5,6). The van der Waals surface area contributed by atoms with Crippen LogP contribution in [0.1, 0.15) is 11.1 Å². The molecule has 0 radical (unpaired) electrons. The SMILES string of the molecule is COc1cccc(CN2CCN(Cc3ccc(Br)cc3)CC2)c1OC.O=C(O)C(=O)O. The maximum atomic E-state index is 9.10. The number of aliphatic carboxylic acids is 2. The molecule has 168 valence electrons. The minimum Gasteiger partial charge on any atom is -0.493 e. The third-order valence-corrected chi connectivity index (χ3v) is 5.37. The Bertz CT molecular complexity index is 855. The number of piperazine rings is 1. The van der Waals surface area contributed by atoms with E-state index in [0.717, 1.165) is 55.2 Å². The number of hydrogen-bond donors (Lipinski definition) is 2. The first-order chi connectivity index (χ1) is 14.8. The highest BCUT2D eigenvalue weighted by Gasteiger charge is 2.19. The molecule has 0 aliphatic carbocycles. The Morgan fingerprint density at radius 2 is 1.42 bits per heavy atom. The smallest absolute Gasteiger partial charge is 0.414 e. The third-order valence-electron chi connectivity index (χ3n) is 4.85. The van der Waals surface area contributed by atoms with Crippen LogP contribution in [-0.4, -0.2) is 72.4 Å². The molecule has 0 unspecified atom stereocenters. The van der Waals surface area contributed by atoms with E-state index in [9.17, 15) is 0 Å². The van der Waals surface area contributed by atoms with Crippen molar-refractivity contribution in [1.29, 1.82) is 0 Å². The maximum Gasteiger partial charge on any atom is 0.414 e. The van der Waals surface area contributed by atoms with Gasteiger partial charge in [0.1, 0.15) is 0 Å². The molecule has 0 saturated carbocycles. The Morgan fingerprint density at radius 3 is 1.90 bits per heavy atom. The highest BCUT2D eigenvalue weighted by molar-refractivity contribution is 9.10. The predicted molar refractivity (Wildman–Crippen MR) is 120 cm³/mol. The van der Waals surface area contributed by atoms with E-state index >= 15 is 0 Å². The molecule has 9 heteroatoms. The number of nitrogens with zero attached hydrogens (tertiary/aromatic N) is 2. The van der Waals surface area contributed by atoms with Crippen LogP contribution in [0, 0.1) is 0 Å². The predicted octanol–water partition coefficient (Wildman–Crippen LogP) is 2.94. The molecule has 1 saturated heterocycles. The molecule has 0 aromatic heterocycles. The zero-order valence-electron chi connectivity index (χ0n) is 17.6. The Balaban J connectivity index is 0.000000501. The van der Waals surface area contributed by atoms with Gasteiger partial charge in [0.15, 0.2) is 11.5 Å². The van der Waals surface area contributed by atoms with Crippen LogP contribution >= 0.6 is 15.9 Å². The summed E-state index contributed by atoms with van der Waals surface area (Å²) in [6, 6.07) is 14.7. The van der Waals surface area contributed by atoms with Crippen LogP contribution in [0.5, 0.6) is 11.5 Å². The summed E-state index contributed by atoms with van der Waals surface area (Å²) < 4.78 is 12.1. The van der Waals surface area contributed by atoms with Gasteiger partial charge in [-0.2, -0.15) is 0 Å². The molecule has 31 heavy (non-hydrogen) atoms.